The number of hydrogen-bond acceptors (Lipinski definition) is 4. The molecule has 1 aliphatic heterocycles. The molecule has 32 heavy (non-hydrogen) atoms. The third-order valence-electron chi connectivity index (χ3n) is 7.38. The Morgan fingerprint density at radius 2 is 1.69 bits per heavy atom. The molecule has 2 heterocycles. The van der Waals surface area contributed by atoms with E-state index in [1.807, 2.05) is 6.07 Å². The Morgan fingerprint density at radius 1 is 1.03 bits per heavy atom. The maximum atomic E-state index is 12.5. The van der Waals surface area contributed by atoms with Crippen LogP contribution in [0.4, 0.5) is 0 Å². The van der Waals surface area contributed by atoms with E-state index in [4.69, 9.17) is 9.15 Å². The summed E-state index contributed by atoms with van der Waals surface area (Å²) in [6, 6.07) is 8.50. The number of ether oxygens (including phenoxy) is 1. The minimum absolute atomic E-state index is 0.144. The van der Waals surface area contributed by atoms with Crippen LogP contribution >= 0.6 is 0 Å². The first-order chi connectivity index (χ1) is 15.2. The number of morpholine rings is 1. The van der Waals surface area contributed by atoms with Crippen LogP contribution in [0.2, 0.25) is 0 Å². The molecule has 0 bridgehead atoms. The Labute approximate surface area is 192 Å². The van der Waals surface area contributed by atoms with E-state index in [9.17, 15) is 4.79 Å². The second-order valence-corrected chi connectivity index (χ2v) is 10.7. The fourth-order valence-electron chi connectivity index (χ4n) is 4.98. The van der Waals surface area contributed by atoms with E-state index in [0.29, 0.717) is 18.7 Å². The molecule has 1 aromatic heterocycles. The fraction of sp³-hybridized carbons (Fsp3) is 0.593. The van der Waals surface area contributed by atoms with Crippen molar-refractivity contribution < 1.29 is 13.9 Å². The van der Waals surface area contributed by atoms with Gasteiger partial charge in [0.15, 0.2) is 5.76 Å². The molecule has 174 valence electrons. The Kier molecular flexibility index (Phi) is 6.51. The molecule has 2 aliphatic rings. The second-order valence-electron chi connectivity index (χ2n) is 10.7. The molecule has 1 fully saturated rings. The molecule has 2 aromatic rings. The van der Waals surface area contributed by atoms with Crippen molar-refractivity contribution in [2.75, 3.05) is 39.4 Å². The van der Waals surface area contributed by atoms with Crippen LogP contribution in [0.3, 0.4) is 0 Å². The molecule has 0 unspecified atom stereocenters. The first-order valence-corrected chi connectivity index (χ1v) is 12.0. The van der Waals surface area contributed by atoms with Crippen LogP contribution in [0, 0.1) is 6.92 Å². The highest BCUT2D eigenvalue weighted by molar-refractivity contribution is 5.91. The summed E-state index contributed by atoms with van der Waals surface area (Å²) < 4.78 is 11.3. The van der Waals surface area contributed by atoms with E-state index in [-0.39, 0.29) is 16.7 Å². The lowest BCUT2D eigenvalue weighted by Crippen LogP contribution is -2.41. The number of aryl methyl sites for hydroxylation is 1. The molecule has 0 saturated carbocycles. The molecule has 1 N–H and O–H groups in total. The number of benzene rings is 1. The van der Waals surface area contributed by atoms with E-state index in [1.165, 1.54) is 35.1 Å². The normalized spacial score (nSPS) is 20.0. The van der Waals surface area contributed by atoms with Gasteiger partial charge in [-0.05, 0) is 65.0 Å². The molecular formula is C27H38N2O3. The quantitative estimate of drug-likeness (QED) is 0.717. The number of rotatable bonds is 6. The molecule has 0 atom stereocenters. The Balaban J connectivity index is 1.42. The summed E-state index contributed by atoms with van der Waals surface area (Å²) in [6.45, 7) is 16.5. The predicted molar refractivity (Wildman–Crippen MR) is 128 cm³/mol. The lowest BCUT2D eigenvalue weighted by atomic mass is 9.62. The number of hydrogen-bond donors (Lipinski definition) is 1. The van der Waals surface area contributed by atoms with Crippen LogP contribution in [0.5, 0.6) is 0 Å². The van der Waals surface area contributed by atoms with E-state index in [2.05, 4.69) is 57.0 Å². The minimum Gasteiger partial charge on any atom is -0.456 e. The molecule has 0 radical (unpaired) electrons. The minimum atomic E-state index is -0.144. The van der Waals surface area contributed by atoms with Gasteiger partial charge in [-0.25, -0.2) is 0 Å². The monoisotopic (exact) mass is 438 g/mol. The molecule has 1 saturated heterocycles. The zero-order chi connectivity index (χ0) is 22.9. The topological polar surface area (TPSA) is 54.7 Å². The van der Waals surface area contributed by atoms with Crippen LogP contribution in [-0.4, -0.2) is 50.2 Å². The molecule has 1 amide bonds. The zero-order valence-corrected chi connectivity index (χ0v) is 20.3. The van der Waals surface area contributed by atoms with Gasteiger partial charge in [0.1, 0.15) is 5.76 Å². The highest BCUT2D eigenvalue weighted by Gasteiger charge is 2.37. The largest absolute Gasteiger partial charge is 0.456 e. The van der Waals surface area contributed by atoms with E-state index in [1.54, 1.807) is 6.07 Å². The van der Waals surface area contributed by atoms with E-state index >= 15 is 0 Å². The van der Waals surface area contributed by atoms with Gasteiger partial charge < -0.3 is 14.5 Å². The van der Waals surface area contributed by atoms with Crippen molar-refractivity contribution >= 4 is 5.91 Å². The van der Waals surface area contributed by atoms with Gasteiger partial charge in [0.05, 0.1) is 13.2 Å². The third kappa shape index (κ3) is 4.94. The highest BCUT2D eigenvalue weighted by Crippen LogP contribution is 2.46. The molecular weight excluding hydrogens is 400 g/mol. The standard InChI is InChI=1S/C27H38N2O3/c1-19-16-22-23(27(4,5)9-8-26(22,2)3)18-20(19)17-21-6-7-24(32-21)25(30)28-10-11-29-12-14-31-15-13-29/h6-7,16,18H,8-15,17H2,1-5H3,(H,28,30). The molecule has 5 heteroatoms. The summed E-state index contributed by atoms with van der Waals surface area (Å²) in [5.74, 6) is 1.08. The number of carbonyl (C=O) groups is 1. The molecule has 1 aliphatic carbocycles. The van der Waals surface area contributed by atoms with Gasteiger partial charge in [-0.2, -0.15) is 0 Å². The second kappa shape index (κ2) is 9.03. The number of amides is 1. The number of nitrogens with zero attached hydrogens (tertiary/aromatic N) is 1. The SMILES string of the molecule is Cc1cc2c(cc1Cc1ccc(C(=O)NCCN3CCOCC3)o1)C(C)(C)CCC2(C)C. The van der Waals surface area contributed by atoms with Crippen LogP contribution in [0.15, 0.2) is 28.7 Å². The Bertz CT molecular complexity index is 967. The molecule has 1 aromatic carbocycles. The summed E-state index contributed by atoms with van der Waals surface area (Å²) in [7, 11) is 0. The molecule has 5 nitrogen and oxygen atoms in total. The summed E-state index contributed by atoms with van der Waals surface area (Å²) in [6.07, 6.45) is 3.12. The summed E-state index contributed by atoms with van der Waals surface area (Å²) in [5.41, 5.74) is 5.91. The van der Waals surface area contributed by atoms with Crippen molar-refractivity contribution in [3.8, 4) is 0 Å². The number of furan rings is 1. The summed E-state index contributed by atoms with van der Waals surface area (Å²) in [5, 5.41) is 2.98. The maximum Gasteiger partial charge on any atom is 0.287 e. The van der Waals surface area contributed by atoms with Crippen molar-refractivity contribution in [1.82, 2.24) is 10.2 Å². The molecule has 4 rings (SSSR count). The van der Waals surface area contributed by atoms with Crippen LogP contribution in [0.1, 0.15) is 79.1 Å². The molecule has 0 spiro atoms. The van der Waals surface area contributed by atoms with Gasteiger partial charge in [-0.3, -0.25) is 9.69 Å². The predicted octanol–water partition coefficient (Wildman–Crippen LogP) is 4.59. The van der Waals surface area contributed by atoms with E-state index in [0.717, 1.165) is 38.6 Å². The van der Waals surface area contributed by atoms with Gasteiger partial charge in [0, 0.05) is 32.6 Å². The summed E-state index contributed by atoms with van der Waals surface area (Å²) in [4.78, 5) is 14.8. The maximum absolute atomic E-state index is 12.5. The van der Waals surface area contributed by atoms with Crippen LogP contribution in [0.25, 0.3) is 0 Å². The van der Waals surface area contributed by atoms with Gasteiger partial charge in [0.2, 0.25) is 0 Å². The van der Waals surface area contributed by atoms with Crippen molar-refractivity contribution in [3.63, 3.8) is 0 Å². The highest BCUT2D eigenvalue weighted by atomic mass is 16.5. The van der Waals surface area contributed by atoms with Gasteiger partial charge >= 0.3 is 0 Å². The average Bonchev–Trinajstić information content (AvgIpc) is 3.22. The Morgan fingerprint density at radius 3 is 2.38 bits per heavy atom. The van der Waals surface area contributed by atoms with Gasteiger partial charge in [-0.1, -0.05) is 39.8 Å². The third-order valence-corrected chi connectivity index (χ3v) is 7.38. The van der Waals surface area contributed by atoms with Crippen molar-refractivity contribution in [2.45, 2.75) is 64.7 Å². The lowest BCUT2D eigenvalue weighted by Gasteiger charge is -2.42. The number of nitrogens with one attached hydrogen (secondary N) is 1. The van der Waals surface area contributed by atoms with Gasteiger partial charge in [0.25, 0.3) is 5.91 Å². The number of carbonyl (C=O) groups excluding carboxylic acids is 1. The van der Waals surface area contributed by atoms with Crippen molar-refractivity contribution in [2.24, 2.45) is 0 Å². The lowest BCUT2D eigenvalue weighted by molar-refractivity contribution is 0.0382. The average molecular weight is 439 g/mol. The first-order valence-electron chi connectivity index (χ1n) is 12.0. The fourth-order valence-corrected chi connectivity index (χ4v) is 4.98. The van der Waals surface area contributed by atoms with Crippen molar-refractivity contribution in [1.29, 1.82) is 0 Å². The Hall–Kier alpha value is -2.11. The van der Waals surface area contributed by atoms with Crippen LogP contribution < -0.4 is 5.32 Å². The first kappa shape index (κ1) is 23.1. The van der Waals surface area contributed by atoms with Gasteiger partial charge in [-0.15, -0.1) is 0 Å². The number of fused-ring (bicyclic) bond motifs is 1. The smallest absolute Gasteiger partial charge is 0.287 e. The van der Waals surface area contributed by atoms with E-state index < -0.39 is 0 Å². The summed E-state index contributed by atoms with van der Waals surface area (Å²) >= 11 is 0. The van der Waals surface area contributed by atoms with Crippen molar-refractivity contribution in [3.05, 3.63) is 58.0 Å². The van der Waals surface area contributed by atoms with Crippen LogP contribution in [-0.2, 0) is 22.0 Å². The zero-order valence-electron chi connectivity index (χ0n) is 20.3.